The summed E-state index contributed by atoms with van der Waals surface area (Å²) >= 11 is 0. The van der Waals surface area contributed by atoms with Gasteiger partial charge in [0.2, 0.25) is 5.88 Å². The fourth-order valence-electron chi connectivity index (χ4n) is 1.16. The molecule has 0 aliphatic heterocycles. The molecule has 1 rings (SSSR count). The fraction of sp³-hybridized carbons (Fsp3) is 0.154. The Balaban J connectivity index is 2.51. The lowest BCUT2D eigenvalue weighted by Gasteiger charge is -1.96. The molecule has 0 saturated heterocycles. The molecule has 0 unspecified atom stereocenters. The Kier molecular flexibility index (Phi) is 4.99. The first-order valence-corrected chi connectivity index (χ1v) is 4.88. The first-order chi connectivity index (χ1) is 7.76. The molecule has 2 nitrogen and oxygen atoms in total. The highest BCUT2D eigenvalue weighted by atomic mass is 19.1. The van der Waals surface area contributed by atoms with Gasteiger partial charge in [0, 0.05) is 0 Å². The molecule has 1 aromatic rings. The molecule has 0 aliphatic rings. The van der Waals surface area contributed by atoms with Crippen LogP contribution in [0.15, 0.2) is 53.4 Å². The van der Waals surface area contributed by atoms with Crippen LogP contribution in [0.4, 0.5) is 4.39 Å². The molecule has 3 heteroatoms. The first kappa shape index (κ1) is 12.2. The predicted octanol–water partition coefficient (Wildman–Crippen LogP) is 3.11. The van der Waals surface area contributed by atoms with Crippen LogP contribution in [0.2, 0.25) is 0 Å². The normalized spacial score (nSPS) is 11.8. The maximum atomic E-state index is 12.6. The number of hydrogen-bond acceptors (Lipinski definition) is 2. The summed E-state index contributed by atoms with van der Waals surface area (Å²) in [5.41, 5.74) is 1.05. The molecule has 0 bridgehead atoms. The van der Waals surface area contributed by atoms with Gasteiger partial charge in [-0.2, -0.15) is 0 Å². The molecule has 0 saturated carbocycles. The van der Waals surface area contributed by atoms with Crippen LogP contribution in [-0.2, 0) is 11.2 Å². The monoisotopic (exact) mass is 219 g/mol. The second-order valence-corrected chi connectivity index (χ2v) is 3.13. The van der Waals surface area contributed by atoms with Crippen LogP contribution in [0.25, 0.3) is 0 Å². The quantitative estimate of drug-likeness (QED) is 0.423. The lowest BCUT2D eigenvalue weighted by Crippen LogP contribution is -1.82. The summed E-state index contributed by atoms with van der Waals surface area (Å²) in [6.07, 6.45) is 6.23. The van der Waals surface area contributed by atoms with Gasteiger partial charge in [-0.05, 0) is 36.9 Å². The minimum atomic E-state index is -0.217. The van der Waals surface area contributed by atoms with Crippen molar-refractivity contribution in [1.29, 1.82) is 0 Å². The number of methoxy groups -OCH3 is 1. The molecule has 84 valence electrons. The number of halogens is 1. The predicted molar refractivity (Wildman–Crippen MR) is 63.9 cm³/mol. The summed E-state index contributed by atoms with van der Waals surface area (Å²) < 4.78 is 17.5. The van der Waals surface area contributed by atoms with Gasteiger partial charge < -0.3 is 4.74 Å². The third kappa shape index (κ3) is 4.09. The molecule has 0 fully saturated rings. The molecule has 0 heterocycles. The summed E-state index contributed by atoms with van der Waals surface area (Å²) in [6, 6.07) is 6.41. The van der Waals surface area contributed by atoms with Crippen molar-refractivity contribution in [2.45, 2.75) is 6.42 Å². The Labute approximate surface area is 94.8 Å². The largest absolute Gasteiger partial charge is 0.481 e. The maximum Gasteiger partial charge on any atom is 0.212 e. The molecule has 0 aliphatic carbocycles. The van der Waals surface area contributed by atoms with E-state index in [0.29, 0.717) is 5.88 Å². The van der Waals surface area contributed by atoms with E-state index in [1.165, 1.54) is 19.2 Å². The number of hydrogen-bond donors (Lipinski definition) is 0. The minimum absolute atomic E-state index is 0.217. The number of benzene rings is 1. The molecule has 1 aromatic carbocycles. The zero-order valence-electron chi connectivity index (χ0n) is 9.19. The van der Waals surface area contributed by atoms with E-state index in [1.807, 2.05) is 12.2 Å². The number of nitrogens with zero attached hydrogens (tertiary/aromatic N) is 1. The molecule has 0 atom stereocenters. The minimum Gasteiger partial charge on any atom is -0.481 e. The highest BCUT2D eigenvalue weighted by Gasteiger charge is 1.90. The van der Waals surface area contributed by atoms with Crippen LogP contribution in [0, 0.1) is 5.82 Å². The zero-order chi connectivity index (χ0) is 11.8. The molecular weight excluding hydrogens is 205 g/mol. The van der Waals surface area contributed by atoms with Gasteiger partial charge in [0.05, 0.1) is 7.11 Å². The Morgan fingerprint density at radius 2 is 2.12 bits per heavy atom. The van der Waals surface area contributed by atoms with E-state index in [4.69, 9.17) is 4.74 Å². The standard InChI is InChI=1S/C13H14FNO/c1-15-13(16-2)6-4-3-5-11-7-9-12(14)10-8-11/h3-4,6-10H,1,5H2,2H3/b4-3-,13-6+. The molecule has 0 spiro atoms. The average molecular weight is 219 g/mol. The highest BCUT2D eigenvalue weighted by Crippen LogP contribution is 2.04. The lowest BCUT2D eigenvalue weighted by atomic mass is 10.1. The molecule has 0 N–H and O–H groups in total. The molecule has 0 aromatic heterocycles. The van der Waals surface area contributed by atoms with E-state index in [1.54, 1.807) is 18.2 Å². The Morgan fingerprint density at radius 3 is 2.69 bits per heavy atom. The summed E-state index contributed by atoms with van der Waals surface area (Å²) in [5.74, 6) is 0.250. The number of allylic oxidation sites excluding steroid dienone is 3. The molecular formula is C13H14FNO. The number of aliphatic imine (C=N–C) groups is 1. The maximum absolute atomic E-state index is 12.6. The lowest BCUT2D eigenvalue weighted by molar-refractivity contribution is 0.289. The van der Waals surface area contributed by atoms with E-state index in [9.17, 15) is 4.39 Å². The first-order valence-electron chi connectivity index (χ1n) is 4.88. The Bertz CT molecular complexity index is 393. The van der Waals surface area contributed by atoms with Crippen molar-refractivity contribution in [3.63, 3.8) is 0 Å². The van der Waals surface area contributed by atoms with Crippen molar-refractivity contribution < 1.29 is 9.13 Å². The van der Waals surface area contributed by atoms with Gasteiger partial charge in [-0.3, -0.25) is 0 Å². The van der Waals surface area contributed by atoms with Crippen molar-refractivity contribution in [2.75, 3.05) is 7.11 Å². The highest BCUT2D eigenvalue weighted by molar-refractivity contribution is 5.28. The smallest absolute Gasteiger partial charge is 0.212 e. The van der Waals surface area contributed by atoms with Crippen LogP contribution < -0.4 is 0 Å². The van der Waals surface area contributed by atoms with Crippen molar-refractivity contribution in [2.24, 2.45) is 4.99 Å². The number of rotatable bonds is 5. The third-order valence-electron chi connectivity index (χ3n) is 2.01. The van der Waals surface area contributed by atoms with Crippen LogP contribution in [-0.4, -0.2) is 13.8 Å². The van der Waals surface area contributed by atoms with E-state index in [2.05, 4.69) is 11.7 Å². The van der Waals surface area contributed by atoms with E-state index in [0.717, 1.165) is 12.0 Å². The summed E-state index contributed by atoms with van der Waals surface area (Å²) in [6.45, 7) is 3.36. The van der Waals surface area contributed by atoms with Gasteiger partial charge in [0.1, 0.15) is 5.82 Å². The van der Waals surface area contributed by atoms with E-state index < -0.39 is 0 Å². The van der Waals surface area contributed by atoms with Gasteiger partial charge in [-0.25, -0.2) is 9.38 Å². The van der Waals surface area contributed by atoms with Gasteiger partial charge >= 0.3 is 0 Å². The number of ether oxygens (including phenoxy) is 1. The second kappa shape index (κ2) is 6.56. The van der Waals surface area contributed by atoms with Gasteiger partial charge in [0.25, 0.3) is 0 Å². The van der Waals surface area contributed by atoms with Crippen molar-refractivity contribution >= 4 is 6.72 Å². The van der Waals surface area contributed by atoms with Gasteiger partial charge in [-0.15, -0.1) is 0 Å². The van der Waals surface area contributed by atoms with Crippen molar-refractivity contribution in [1.82, 2.24) is 0 Å². The molecule has 0 amide bonds. The van der Waals surface area contributed by atoms with Gasteiger partial charge in [-0.1, -0.05) is 24.3 Å². The average Bonchev–Trinajstić information content (AvgIpc) is 2.32. The van der Waals surface area contributed by atoms with Crippen LogP contribution >= 0.6 is 0 Å². The van der Waals surface area contributed by atoms with Crippen LogP contribution in [0.5, 0.6) is 0 Å². The van der Waals surface area contributed by atoms with Crippen molar-refractivity contribution in [3.05, 3.63) is 59.8 Å². The molecule has 16 heavy (non-hydrogen) atoms. The SMILES string of the molecule is C=N/C(=C\C=C/Cc1ccc(F)cc1)OC. The summed E-state index contributed by atoms with van der Waals surface area (Å²) in [4.78, 5) is 3.65. The Morgan fingerprint density at radius 1 is 1.44 bits per heavy atom. The molecule has 0 radical (unpaired) electrons. The second-order valence-electron chi connectivity index (χ2n) is 3.13. The third-order valence-corrected chi connectivity index (χ3v) is 2.01. The fourth-order valence-corrected chi connectivity index (χ4v) is 1.16. The van der Waals surface area contributed by atoms with E-state index in [-0.39, 0.29) is 5.82 Å². The zero-order valence-corrected chi connectivity index (χ0v) is 9.19. The summed E-state index contributed by atoms with van der Waals surface area (Å²) in [7, 11) is 1.54. The van der Waals surface area contributed by atoms with Gasteiger partial charge in [0.15, 0.2) is 0 Å². The van der Waals surface area contributed by atoms with Crippen molar-refractivity contribution in [3.8, 4) is 0 Å². The van der Waals surface area contributed by atoms with Crippen LogP contribution in [0.1, 0.15) is 5.56 Å². The topological polar surface area (TPSA) is 21.6 Å². The summed E-state index contributed by atoms with van der Waals surface area (Å²) in [5, 5.41) is 0. The van der Waals surface area contributed by atoms with E-state index >= 15 is 0 Å². The Hall–Kier alpha value is -1.90. The van der Waals surface area contributed by atoms with Crippen LogP contribution in [0.3, 0.4) is 0 Å².